The summed E-state index contributed by atoms with van der Waals surface area (Å²) in [6.07, 6.45) is 0. The van der Waals surface area contributed by atoms with Crippen molar-refractivity contribution in [1.29, 1.82) is 0 Å². The molecule has 5 heteroatoms. The van der Waals surface area contributed by atoms with Gasteiger partial charge in [0.2, 0.25) is 0 Å². The lowest BCUT2D eigenvalue weighted by molar-refractivity contribution is 0.0692. The van der Waals surface area contributed by atoms with Crippen molar-refractivity contribution in [3.63, 3.8) is 0 Å². The number of para-hydroxylation sites is 1. The number of H-pyrrole nitrogens is 1. The van der Waals surface area contributed by atoms with E-state index in [1.165, 1.54) is 0 Å². The first kappa shape index (κ1) is 15.4. The van der Waals surface area contributed by atoms with Gasteiger partial charge in [0.05, 0.1) is 22.5 Å². The summed E-state index contributed by atoms with van der Waals surface area (Å²) in [5, 5.41) is 2.00. The molecule has 27 heavy (non-hydrogen) atoms. The van der Waals surface area contributed by atoms with E-state index in [0.717, 1.165) is 27.2 Å². The smallest absolute Gasteiger partial charge is 0.280 e. The minimum absolute atomic E-state index is 0.347. The molecule has 1 aromatic heterocycles. The summed E-state index contributed by atoms with van der Waals surface area (Å²) in [6, 6.07) is 24.5. The average molecular weight is 353 g/mol. The van der Waals surface area contributed by atoms with Gasteiger partial charge in [-0.25, -0.2) is 0 Å². The van der Waals surface area contributed by atoms with Gasteiger partial charge in [-0.3, -0.25) is 15.0 Å². The third-order valence-corrected chi connectivity index (χ3v) is 4.79. The van der Waals surface area contributed by atoms with E-state index < -0.39 is 0 Å². The molecule has 0 saturated heterocycles. The molecule has 130 valence electrons. The highest BCUT2D eigenvalue weighted by atomic mass is 16.2. The molecule has 0 aliphatic carbocycles. The van der Waals surface area contributed by atoms with E-state index in [0.29, 0.717) is 16.8 Å². The summed E-state index contributed by atoms with van der Waals surface area (Å²) in [5.41, 5.74) is 7.33. The largest absolute Gasteiger partial charge is 0.353 e. The Bertz CT molecular complexity index is 1160. The van der Waals surface area contributed by atoms with E-state index in [1.807, 2.05) is 54.6 Å². The number of hydrazine groups is 1. The van der Waals surface area contributed by atoms with Gasteiger partial charge in [0.15, 0.2) is 0 Å². The van der Waals surface area contributed by atoms with Crippen molar-refractivity contribution >= 4 is 28.4 Å². The molecule has 0 radical (unpaired) electrons. The third-order valence-electron chi connectivity index (χ3n) is 4.79. The first-order chi connectivity index (χ1) is 13.2. The molecule has 1 aliphatic rings. The highest BCUT2D eigenvalue weighted by Gasteiger charge is 2.36. The van der Waals surface area contributed by atoms with Crippen LogP contribution in [0.2, 0.25) is 0 Å². The van der Waals surface area contributed by atoms with Crippen LogP contribution in [0, 0.1) is 0 Å². The summed E-state index contributed by atoms with van der Waals surface area (Å²) in [5.74, 6) is -0.695. The van der Waals surface area contributed by atoms with Crippen LogP contribution in [0.25, 0.3) is 22.2 Å². The number of rotatable bonds is 3. The van der Waals surface area contributed by atoms with E-state index in [-0.39, 0.29) is 11.8 Å². The molecule has 5 rings (SSSR count). The normalized spacial score (nSPS) is 13.3. The van der Waals surface area contributed by atoms with Gasteiger partial charge in [-0.05, 0) is 18.2 Å². The first-order valence-corrected chi connectivity index (χ1v) is 8.64. The highest BCUT2D eigenvalue weighted by Crippen LogP contribution is 2.36. The van der Waals surface area contributed by atoms with Crippen molar-refractivity contribution in [2.45, 2.75) is 0 Å². The van der Waals surface area contributed by atoms with Gasteiger partial charge in [-0.15, -0.1) is 0 Å². The quantitative estimate of drug-likeness (QED) is 0.535. The van der Waals surface area contributed by atoms with Gasteiger partial charge in [-0.2, -0.15) is 5.01 Å². The van der Waals surface area contributed by atoms with Crippen LogP contribution in [-0.2, 0) is 0 Å². The summed E-state index contributed by atoms with van der Waals surface area (Å²) >= 11 is 0. The first-order valence-electron chi connectivity index (χ1n) is 8.64. The van der Waals surface area contributed by atoms with Crippen LogP contribution >= 0.6 is 0 Å². The molecule has 0 spiro atoms. The molecule has 0 unspecified atom stereocenters. The molecule has 1 aliphatic heterocycles. The van der Waals surface area contributed by atoms with Crippen molar-refractivity contribution in [3.05, 3.63) is 90.0 Å². The summed E-state index contributed by atoms with van der Waals surface area (Å²) in [7, 11) is 0. The van der Waals surface area contributed by atoms with Gasteiger partial charge in [0.25, 0.3) is 11.8 Å². The van der Waals surface area contributed by atoms with E-state index in [9.17, 15) is 9.59 Å². The predicted octanol–water partition coefficient (Wildman–Crippen LogP) is 4.46. The molecule has 0 bridgehead atoms. The second kappa shape index (κ2) is 5.85. The molecule has 0 atom stereocenters. The molecule has 5 nitrogen and oxygen atoms in total. The standard InChI is InChI=1S/C22H15N3O2/c26-21-15-10-4-5-11-16(15)22(27)25(21)24-20-17-12-6-7-13-18(17)23-19(20)14-8-2-1-3-9-14/h1-13,23-24H. The van der Waals surface area contributed by atoms with E-state index in [1.54, 1.807) is 24.3 Å². The summed E-state index contributed by atoms with van der Waals surface area (Å²) in [6.45, 7) is 0. The summed E-state index contributed by atoms with van der Waals surface area (Å²) in [4.78, 5) is 28.9. The Kier molecular flexibility index (Phi) is 3.33. The maximum absolute atomic E-state index is 12.7. The predicted molar refractivity (Wildman–Crippen MR) is 104 cm³/mol. The minimum atomic E-state index is -0.347. The number of anilines is 1. The molecule has 0 fully saturated rings. The zero-order chi connectivity index (χ0) is 18.4. The molecule has 0 saturated carbocycles. The van der Waals surface area contributed by atoms with Crippen LogP contribution in [0.3, 0.4) is 0 Å². The van der Waals surface area contributed by atoms with Gasteiger partial charge >= 0.3 is 0 Å². The van der Waals surface area contributed by atoms with Crippen LogP contribution in [0.1, 0.15) is 20.7 Å². The topological polar surface area (TPSA) is 65.2 Å². The number of carbonyl (C=O) groups is 2. The van der Waals surface area contributed by atoms with E-state index in [4.69, 9.17) is 0 Å². The number of hydrogen-bond acceptors (Lipinski definition) is 3. The zero-order valence-corrected chi connectivity index (χ0v) is 14.3. The van der Waals surface area contributed by atoms with Crippen LogP contribution in [0.4, 0.5) is 5.69 Å². The Balaban J connectivity index is 1.64. The molecular formula is C22H15N3O2. The highest BCUT2D eigenvalue weighted by molar-refractivity contribution is 6.22. The molecular weight excluding hydrogens is 338 g/mol. The maximum atomic E-state index is 12.7. The zero-order valence-electron chi connectivity index (χ0n) is 14.3. The summed E-state index contributed by atoms with van der Waals surface area (Å²) < 4.78 is 0. The van der Waals surface area contributed by atoms with Crippen molar-refractivity contribution in [2.24, 2.45) is 0 Å². The number of imide groups is 1. The third kappa shape index (κ3) is 2.33. The molecule has 2 heterocycles. The van der Waals surface area contributed by atoms with Crippen molar-refractivity contribution < 1.29 is 9.59 Å². The van der Waals surface area contributed by atoms with Crippen LogP contribution in [-0.4, -0.2) is 21.8 Å². The lowest BCUT2D eigenvalue weighted by Gasteiger charge is -2.17. The monoisotopic (exact) mass is 353 g/mol. The lowest BCUT2D eigenvalue weighted by Crippen LogP contribution is -2.35. The Morgan fingerprint density at radius 1 is 0.704 bits per heavy atom. The average Bonchev–Trinajstić information content (AvgIpc) is 3.20. The molecule has 2 amide bonds. The van der Waals surface area contributed by atoms with Crippen LogP contribution < -0.4 is 5.43 Å². The Labute approximate surface area is 155 Å². The molecule has 2 N–H and O–H groups in total. The number of nitrogens with one attached hydrogen (secondary N) is 2. The molecule has 3 aromatic carbocycles. The fourth-order valence-corrected chi connectivity index (χ4v) is 3.48. The van der Waals surface area contributed by atoms with E-state index >= 15 is 0 Å². The Morgan fingerprint density at radius 3 is 2.00 bits per heavy atom. The van der Waals surface area contributed by atoms with Crippen molar-refractivity contribution in [1.82, 2.24) is 9.99 Å². The Morgan fingerprint density at radius 2 is 1.30 bits per heavy atom. The maximum Gasteiger partial charge on any atom is 0.280 e. The number of amides is 2. The van der Waals surface area contributed by atoms with Crippen LogP contribution in [0.15, 0.2) is 78.9 Å². The van der Waals surface area contributed by atoms with Gasteiger partial charge in [0.1, 0.15) is 0 Å². The number of benzene rings is 3. The van der Waals surface area contributed by atoms with Crippen molar-refractivity contribution in [2.75, 3.05) is 5.43 Å². The number of carbonyl (C=O) groups excluding carboxylic acids is 2. The van der Waals surface area contributed by atoms with Gasteiger partial charge in [-0.1, -0.05) is 60.7 Å². The number of nitrogens with zero attached hydrogens (tertiary/aromatic N) is 1. The van der Waals surface area contributed by atoms with Crippen molar-refractivity contribution in [3.8, 4) is 11.3 Å². The van der Waals surface area contributed by atoms with Gasteiger partial charge < -0.3 is 4.98 Å². The fraction of sp³-hybridized carbons (Fsp3) is 0. The number of aromatic amines is 1. The second-order valence-corrected chi connectivity index (χ2v) is 6.39. The Hall–Kier alpha value is -3.86. The number of aromatic nitrogens is 1. The minimum Gasteiger partial charge on any atom is -0.353 e. The van der Waals surface area contributed by atoms with Gasteiger partial charge in [0, 0.05) is 16.5 Å². The lowest BCUT2D eigenvalue weighted by atomic mass is 10.1. The number of fused-ring (bicyclic) bond motifs is 2. The van der Waals surface area contributed by atoms with Crippen LogP contribution in [0.5, 0.6) is 0 Å². The molecule has 4 aromatic rings. The van der Waals surface area contributed by atoms with E-state index in [2.05, 4.69) is 10.4 Å². The fourth-order valence-electron chi connectivity index (χ4n) is 3.48. The number of hydrogen-bond donors (Lipinski definition) is 2. The SMILES string of the molecule is O=C1c2ccccc2C(=O)N1Nc1c(-c2ccccc2)[nH]c2ccccc12. The second-order valence-electron chi connectivity index (χ2n) is 6.39.